The number of halogens is 2. The lowest BCUT2D eigenvalue weighted by Gasteiger charge is -2.10. The predicted molar refractivity (Wildman–Crippen MR) is 94.2 cm³/mol. The monoisotopic (exact) mass is 351 g/mol. The molecule has 26 heavy (non-hydrogen) atoms. The number of ether oxygens (including phenoxy) is 1. The average molecular weight is 351 g/mol. The molecule has 0 saturated heterocycles. The summed E-state index contributed by atoms with van der Waals surface area (Å²) in [5, 5.41) is 8.76. The van der Waals surface area contributed by atoms with E-state index in [1.807, 2.05) is 6.07 Å². The zero-order valence-corrected chi connectivity index (χ0v) is 14.0. The number of aryl methyl sites for hydroxylation is 1. The minimum Gasteiger partial charge on any atom is -0.473 e. The van der Waals surface area contributed by atoms with Crippen LogP contribution in [0.2, 0.25) is 0 Å². The summed E-state index contributed by atoms with van der Waals surface area (Å²) in [7, 11) is 0. The molecule has 0 spiro atoms. The van der Waals surface area contributed by atoms with Crippen LogP contribution in [0.3, 0.4) is 0 Å². The third kappa shape index (κ3) is 3.62. The largest absolute Gasteiger partial charge is 0.473 e. The molecule has 1 aromatic heterocycles. The number of hydrogen-bond donors (Lipinski definition) is 1. The van der Waals surface area contributed by atoms with E-state index in [0.29, 0.717) is 22.4 Å². The van der Waals surface area contributed by atoms with Crippen LogP contribution in [-0.4, -0.2) is 4.98 Å². The first-order chi connectivity index (χ1) is 12.5. The highest BCUT2D eigenvalue weighted by Crippen LogP contribution is 2.26. The Kier molecular flexibility index (Phi) is 4.81. The van der Waals surface area contributed by atoms with Gasteiger partial charge in [0.2, 0.25) is 5.88 Å². The van der Waals surface area contributed by atoms with E-state index >= 15 is 0 Å². The van der Waals surface area contributed by atoms with Gasteiger partial charge in [-0.1, -0.05) is 12.1 Å². The Morgan fingerprint density at radius 1 is 1.12 bits per heavy atom. The third-order valence-electron chi connectivity index (χ3n) is 3.91. The second kappa shape index (κ2) is 7.19. The molecule has 0 atom stereocenters. The minimum absolute atomic E-state index is 0.0386. The summed E-state index contributed by atoms with van der Waals surface area (Å²) < 4.78 is 33.3. The number of benzene rings is 2. The van der Waals surface area contributed by atoms with Crippen LogP contribution >= 0.6 is 0 Å². The molecule has 0 amide bonds. The molecule has 0 radical (unpaired) electrons. The number of nitriles is 1. The zero-order valence-electron chi connectivity index (χ0n) is 14.0. The first kappa shape index (κ1) is 17.4. The molecule has 2 N–H and O–H groups in total. The summed E-state index contributed by atoms with van der Waals surface area (Å²) in [6.07, 6.45) is 0. The molecule has 0 saturated carbocycles. The van der Waals surface area contributed by atoms with Crippen LogP contribution < -0.4 is 10.5 Å². The third-order valence-corrected chi connectivity index (χ3v) is 3.91. The summed E-state index contributed by atoms with van der Waals surface area (Å²) >= 11 is 0. The van der Waals surface area contributed by atoms with E-state index in [0.717, 1.165) is 6.07 Å². The Hall–Kier alpha value is -3.46. The van der Waals surface area contributed by atoms with Gasteiger partial charge >= 0.3 is 0 Å². The molecule has 1 heterocycles. The van der Waals surface area contributed by atoms with Crippen LogP contribution in [0.1, 0.15) is 16.7 Å². The molecule has 6 heteroatoms. The highest BCUT2D eigenvalue weighted by Gasteiger charge is 2.09. The van der Waals surface area contributed by atoms with Crippen molar-refractivity contribution in [2.75, 3.05) is 5.73 Å². The topological polar surface area (TPSA) is 71.9 Å². The van der Waals surface area contributed by atoms with Crippen molar-refractivity contribution in [3.63, 3.8) is 0 Å². The normalized spacial score (nSPS) is 10.4. The summed E-state index contributed by atoms with van der Waals surface area (Å²) in [6.45, 7) is 1.68. The van der Waals surface area contributed by atoms with Gasteiger partial charge in [0.05, 0.1) is 23.0 Å². The smallest absolute Gasteiger partial charge is 0.214 e. The predicted octanol–water partition coefficient (Wildman–Crippen LogP) is 4.37. The van der Waals surface area contributed by atoms with E-state index in [1.54, 1.807) is 31.2 Å². The lowest BCUT2D eigenvalue weighted by atomic mass is 10.1. The summed E-state index contributed by atoms with van der Waals surface area (Å²) in [5.74, 6) is -0.745. The highest BCUT2D eigenvalue weighted by atomic mass is 19.1. The van der Waals surface area contributed by atoms with Crippen molar-refractivity contribution in [3.05, 3.63) is 76.9 Å². The van der Waals surface area contributed by atoms with E-state index in [9.17, 15) is 8.78 Å². The number of nitrogen functional groups attached to an aromatic ring is 1. The van der Waals surface area contributed by atoms with Gasteiger partial charge in [-0.25, -0.2) is 13.8 Å². The molecule has 130 valence electrons. The number of nitrogens with two attached hydrogens (primary N) is 1. The number of pyridine rings is 1. The minimum atomic E-state index is -0.517. The lowest BCUT2D eigenvalue weighted by Crippen LogP contribution is -2.01. The van der Waals surface area contributed by atoms with E-state index in [1.165, 1.54) is 18.2 Å². The number of aromatic nitrogens is 1. The van der Waals surface area contributed by atoms with E-state index in [4.69, 9.17) is 15.7 Å². The Morgan fingerprint density at radius 3 is 2.62 bits per heavy atom. The fourth-order valence-corrected chi connectivity index (χ4v) is 2.44. The van der Waals surface area contributed by atoms with E-state index < -0.39 is 11.6 Å². The summed E-state index contributed by atoms with van der Waals surface area (Å²) in [4.78, 5) is 4.33. The van der Waals surface area contributed by atoms with Crippen molar-refractivity contribution in [2.45, 2.75) is 13.5 Å². The fourth-order valence-electron chi connectivity index (χ4n) is 2.44. The second-order valence-electron chi connectivity index (χ2n) is 5.76. The molecule has 0 aliphatic heterocycles. The van der Waals surface area contributed by atoms with Gasteiger partial charge in [-0.2, -0.15) is 5.26 Å². The molecule has 0 unspecified atom stereocenters. The highest BCUT2D eigenvalue weighted by molar-refractivity contribution is 5.65. The SMILES string of the molecule is Cc1cc(-c2cccc(OCc3ccc(C#N)cc3F)n2)cc(F)c1N. The molecular formula is C20H15F2N3O. The Labute approximate surface area is 149 Å². The quantitative estimate of drug-likeness (QED) is 0.709. The number of hydrogen-bond acceptors (Lipinski definition) is 4. The van der Waals surface area contributed by atoms with Gasteiger partial charge in [0, 0.05) is 17.2 Å². The number of nitrogens with zero attached hydrogens (tertiary/aromatic N) is 2. The Balaban J connectivity index is 1.81. The summed E-state index contributed by atoms with van der Waals surface area (Å²) in [6, 6.07) is 14.2. The van der Waals surface area contributed by atoms with Gasteiger partial charge in [0.1, 0.15) is 18.2 Å². The molecule has 0 aliphatic carbocycles. The van der Waals surface area contributed by atoms with Crippen LogP contribution in [0.5, 0.6) is 5.88 Å². The van der Waals surface area contributed by atoms with Crippen molar-refractivity contribution in [1.82, 2.24) is 4.98 Å². The van der Waals surface area contributed by atoms with Crippen molar-refractivity contribution < 1.29 is 13.5 Å². The molecule has 4 nitrogen and oxygen atoms in total. The van der Waals surface area contributed by atoms with Crippen LogP contribution in [0.4, 0.5) is 14.5 Å². The standard InChI is InChI=1S/C20H15F2N3O/c1-12-7-15(9-17(22)20(12)24)18-3-2-4-19(25-18)26-11-14-6-5-13(10-23)8-16(14)21/h2-9H,11,24H2,1H3. The van der Waals surface area contributed by atoms with Crippen molar-refractivity contribution >= 4 is 5.69 Å². The first-order valence-corrected chi connectivity index (χ1v) is 7.82. The molecule has 2 aromatic carbocycles. The Bertz CT molecular complexity index is 989. The van der Waals surface area contributed by atoms with Gasteiger partial charge in [-0.3, -0.25) is 0 Å². The maximum absolute atomic E-state index is 13.9. The van der Waals surface area contributed by atoms with Crippen LogP contribution in [0.15, 0.2) is 48.5 Å². The van der Waals surface area contributed by atoms with E-state index in [-0.39, 0.29) is 23.7 Å². The van der Waals surface area contributed by atoms with Gasteiger partial charge in [0.25, 0.3) is 0 Å². The number of rotatable bonds is 4. The molecule has 0 fully saturated rings. The fraction of sp³-hybridized carbons (Fsp3) is 0.100. The molecular weight excluding hydrogens is 336 g/mol. The van der Waals surface area contributed by atoms with Gasteiger partial charge in [-0.05, 0) is 42.8 Å². The molecule has 3 aromatic rings. The van der Waals surface area contributed by atoms with Gasteiger partial charge in [-0.15, -0.1) is 0 Å². The van der Waals surface area contributed by atoms with Gasteiger partial charge < -0.3 is 10.5 Å². The average Bonchev–Trinajstić information content (AvgIpc) is 2.65. The van der Waals surface area contributed by atoms with Crippen molar-refractivity contribution in [1.29, 1.82) is 5.26 Å². The Morgan fingerprint density at radius 2 is 1.92 bits per heavy atom. The van der Waals surface area contributed by atoms with Gasteiger partial charge in [0.15, 0.2) is 0 Å². The molecule has 3 rings (SSSR count). The maximum atomic E-state index is 13.9. The summed E-state index contributed by atoms with van der Waals surface area (Å²) in [5.41, 5.74) is 8.00. The van der Waals surface area contributed by atoms with Crippen LogP contribution in [0, 0.1) is 29.9 Å². The zero-order chi connectivity index (χ0) is 18.7. The lowest BCUT2D eigenvalue weighted by molar-refractivity contribution is 0.288. The van der Waals surface area contributed by atoms with Crippen LogP contribution in [0.25, 0.3) is 11.3 Å². The molecule has 0 aliphatic rings. The second-order valence-corrected chi connectivity index (χ2v) is 5.76. The van der Waals surface area contributed by atoms with Crippen LogP contribution in [-0.2, 0) is 6.61 Å². The van der Waals surface area contributed by atoms with E-state index in [2.05, 4.69) is 4.98 Å². The maximum Gasteiger partial charge on any atom is 0.214 e. The van der Waals surface area contributed by atoms with Crippen molar-refractivity contribution in [3.8, 4) is 23.2 Å². The van der Waals surface area contributed by atoms with Crippen molar-refractivity contribution in [2.24, 2.45) is 0 Å². The number of anilines is 1. The first-order valence-electron chi connectivity index (χ1n) is 7.82. The molecule has 0 bridgehead atoms.